The minimum absolute atomic E-state index is 0.117. The van der Waals surface area contributed by atoms with Crippen molar-refractivity contribution in [1.29, 1.82) is 0 Å². The molecule has 1 heterocycles. The Balaban J connectivity index is 2.69. The molecule has 0 bridgehead atoms. The van der Waals surface area contributed by atoms with Crippen LogP contribution in [-0.2, 0) is 12.1 Å². The van der Waals surface area contributed by atoms with Gasteiger partial charge in [-0.15, -0.1) is 10.2 Å². The number of halogens is 1. The largest absolute Gasteiger partial charge is 0.388 e. The molecule has 2 aromatic rings. The van der Waals surface area contributed by atoms with Crippen molar-refractivity contribution in [3.63, 3.8) is 0 Å². The Hall–Kier alpha value is -1.20. The first-order chi connectivity index (χ1) is 8.84. The fraction of sp³-hybridized carbons (Fsp3) is 0.429. The quantitative estimate of drug-likeness (QED) is 0.922. The third kappa shape index (κ3) is 2.72. The molecule has 102 valence electrons. The Bertz CT molecular complexity index is 599. The van der Waals surface area contributed by atoms with Crippen molar-refractivity contribution < 1.29 is 5.11 Å². The number of benzene rings is 1. The molecule has 0 aliphatic rings. The van der Waals surface area contributed by atoms with E-state index in [9.17, 15) is 5.11 Å². The number of aliphatic hydroxyl groups excluding tert-OH is 1. The van der Waals surface area contributed by atoms with Crippen LogP contribution in [0.25, 0.3) is 11.4 Å². The van der Waals surface area contributed by atoms with Crippen molar-refractivity contribution in [3.8, 4) is 11.4 Å². The lowest BCUT2D eigenvalue weighted by Crippen LogP contribution is -2.25. The SMILES string of the molecule is Cc1ccc(Br)c(-c2nnc(CO)n2C(C)(C)C)c1. The van der Waals surface area contributed by atoms with Crippen LogP contribution in [0.15, 0.2) is 22.7 Å². The lowest BCUT2D eigenvalue weighted by atomic mass is 10.1. The Labute approximate surface area is 121 Å². The highest BCUT2D eigenvalue weighted by Crippen LogP contribution is 2.31. The van der Waals surface area contributed by atoms with Gasteiger partial charge in [-0.05, 0) is 39.8 Å². The van der Waals surface area contributed by atoms with E-state index in [1.807, 2.05) is 23.6 Å². The number of rotatable bonds is 2. The molecule has 0 amide bonds. The van der Waals surface area contributed by atoms with Crippen molar-refractivity contribution >= 4 is 15.9 Å². The van der Waals surface area contributed by atoms with Gasteiger partial charge in [-0.3, -0.25) is 0 Å². The molecule has 0 atom stereocenters. The van der Waals surface area contributed by atoms with Gasteiger partial charge in [-0.2, -0.15) is 0 Å². The minimum Gasteiger partial charge on any atom is -0.388 e. The summed E-state index contributed by atoms with van der Waals surface area (Å²) < 4.78 is 2.95. The molecular weight excluding hydrogens is 306 g/mol. The predicted molar refractivity (Wildman–Crippen MR) is 78.8 cm³/mol. The summed E-state index contributed by atoms with van der Waals surface area (Å²) in [5.41, 5.74) is 1.95. The Morgan fingerprint density at radius 3 is 2.53 bits per heavy atom. The van der Waals surface area contributed by atoms with Crippen LogP contribution in [0.4, 0.5) is 0 Å². The number of aromatic nitrogens is 3. The summed E-state index contributed by atoms with van der Waals surface area (Å²) in [4.78, 5) is 0. The summed E-state index contributed by atoms with van der Waals surface area (Å²) in [7, 11) is 0. The van der Waals surface area contributed by atoms with Crippen molar-refractivity contribution in [2.45, 2.75) is 39.8 Å². The predicted octanol–water partition coefficient (Wildman–Crippen LogP) is 3.26. The standard InChI is InChI=1S/C14H18BrN3O/c1-9-5-6-11(15)10(7-9)13-17-16-12(8-19)18(13)14(2,3)4/h5-7,19H,8H2,1-4H3. The first-order valence-corrected chi connectivity index (χ1v) is 6.96. The van der Waals surface area contributed by atoms with Crippen molar-refractivity contribution in [3.05, 3.63) is 34.1 Å². The van der Waals surface area contributed by atoms with Gasteiger partial charge in [-0.25, -0.2) is 0 Å². The molecular formula is C14H18BrN3O. The van der Waals surface area contributed by atoms with E-state index in [0.29, 0.717) is 5.82 Å². The van der Waals surface area contributed by atoms with Gasteiger partial charge < -0.3 is 9.67 Å². The fourth-order valence-corrected chi connectivity index (χ4v) is 2.53. The maximum atomic E-state index is 9.43. The summed E-state index contributed by atoms with van der Waals surface area (Å²) >= 11 is 3.56. The van der Waals surface area contributed by atoms with Crippen LogP contribution in [-0.4, -0.2) is 19.9 Å². The number of hydrogen-bond acceptors (Lipinski definition) is 3. The van der Waals surface area contributed by atoms with E-state index in [1.54, 1.807) is 0 Å². The van der Waals surface area contributed by atoms with E-state index in [0.717, 1.165) is 21.4 Å². The van der Waals surface area contributed by atoms with Gasteiger partial charge in [0.1, 0.15) is 6.61 Å². The summed E-state index contributed by atoms with van der Waals surface area (Å²) in [6.07, 6.45) is 0. The second kappa shape index (κ2) is 5.06. The second-order valence-electron chi connectivity index (χ2n) is 5.59. The van der Waals surface area contributed by atoms with E-state index >= 15 is 0 Å². The molecule has 1 aromatic heterocycles. The Morgan fingerprint density at radius 2 is 1.95 bits per heavy atom. The molecule has 0 radical (unpaired) electrons. The van der Waals surface area contributed by atoms with Crippen molar-refractivity contribution in [1.82, 2.24) is 14.8 Å². The normalized spacial score (nSPS) is 11.9. The van der Waals surface area contributed by atoms with E-state index in [4.69, 9.17) is 0 Å². The topological polar surface area (TPSA) is 50.9 Å². The molecule has 2 rings (SSSR count). The van der Waals surface area contributed by atoms with Crippen LogP contribution in [0.1, 0.15) is 32.2 Å². The van der Waals surface area contributed by atoms with Gasteiger partial charge in [0.25, 0.3) is 0 Å². The average Bonchev–Trinajstić information content (AvgIpc) is 2.75. The van der Waals surface area contributed by atoms with E-state index in [2.05, 4.69) is 53.0 Å². The summed E-state index contributed by atoms with van der Waals surface area (Å²) in [5, 5.41) is 17.8. The smallest absolute Gasteiger partial charge is 0.165 e. The molecule has 4 nitrogen and oxygen atoms in total. The van der Waals surface area contributed by atoms with Gasteiger partial charge in [0.15, 0.2) is 11.6 Å². The first kappa shape index (κ1) is 14.2. The van der Waals surface area contributed by atoms with Crippen LogP contribution in [0.2, 0.25) is 0 Å². The zero-order chi connectivity index (χ0) is 14.2. The van der Waals surface area contributed by atoms with Crippen LogP contribution >= 0.6 is 15.9 Å². The molecule has 1 aromatic carbocycles. The van der Waals surface area contributed by atoms with Gasteiger partial charge in [0, 0.05) is 15.6 Å². The lowest BCUT2D eigenvalue weighted by molar-refractivity contribution is 0.250. The third-order valence-corrected chi connectivity index (χ3v) is 3.60. The second-order valence-corrected chi connectivity index (χ2v) is 6.44. The zero-order valence-electron chi connectivity index (χ0n) is 11.6. The maximum absolute atomic E-state index is 9.43. The molecule has 0 fully saturated rings. The van der Waals surface area contributed by atoms with Gasteiger partial charge >= 0.3 is 0 Å². The van der Waals surface area contributed by atoms with Crippen LogP contribution in [0, 0.1) is 6.92 Å². The summed E-state index contributed by atoms with van der Waals surface area (Å²) in [5.74, 6) is 1.35. The zero-order valence-corrected chi connectivity index (χ0v) is 13.2. The molecule has 0 aliphatic carbocycles. The first-order valence-electron chi connectivity index (χ1n) is 6.16. The fourth-order valence-electron chi connectivity index (χ4n) is 2.11. The highest BCUT2D eigenvalue weighted by atomic mass is 79.9. The molecule has 0 spiro atoms. The molecule has 0 aliphatic heterocycles. The number of aryl methyl sites for hydroxylation is 1. The van der Waals surface area contributed by atoms with Gasteiger partial charge in [0.2, 0.25) is 0 Å². The van der Waals surface area contributed by atoms with Crippen LogP contribution in [0.5, 0.6) is 0 Å². The van der Waals surface area contributed by atoms with E-state index < -0.39 is 0 Å². The number of hydrogen-bond donors (Lipinski definition) is 1. The highest BCUT2D eigenvalue weighted by molar-refractivity contribution is 9.10. The van der Waals surface area contributed by atoms with E-state index in [-0.39, 0.29) is 12.1 Å². The van der Waals surface area contributed by atoms with E-state index in [1.165, 1.54) is 0 Å². The number of nitrogens with zero attached hydrogens (tertiary/aromatic N) is 3. The summed E-state index contributed by atoms with van der Waals surface area (Å²) in [6.45, 7) is 8.14. The average molecular weight is 324 g/mol. The molecule has 0 unspecified atom stereocenters. The number of aliphatic hydroxyl groups is 1. The maximum Gasteiger partial charge on any atom is 0.165 e. The highest BCUT2D eigenvalue weighted by Gasteiger charge is 2.24. The van der Waals surface area contributed by atoms with Crippen molar-refractivity contribution in [2.24, 2.45) is 0 Å². The lowest BCUT2D eigenvalue weighted by Gasteiger charge is -2.25. The Morgan fingerprint density at radius 1 is 1.26 bits per heavy atom. The van der Waals surface area contributed by atoms with Gasteiger partial charge in [0.05, 0.1) is 0 Å². The Kier molecular flexibility index (Phi) is 3.78. The summed E-state index contributed by atoms with van der Waals surface area (Å²) in [6, 6.07) is 6.11. The molecule has 0 saturated heterocycles. The molecule has 5 heteroatoms. The molecule has 1 N–H and O–H groups in total. The minimum atomic E-state index is -0.194. The molecule has 19 heavy (non-hydrogen) atoms. The third-order valence-electron chi connectivity index (χ3n) is 2.91. The van der Waals surface area contributed by atoms with Crippen LogP contribution < -0.4 is 0 Å². The van der Waals surface area contributed by atoms with Gasteiger partial charge in [-0.1, -0.05) is 27.6 Å². The monoisotopic (exact) mass is 323 g/mol. The van der Waals surface area contributed by atoms with Crippen molar-refractivity contribution in [2.75, 3.05) is 0 Å². The van der Waals surface area contributed by atoms with Crippen LogP contribution in [0.3, 0.4) is 0 Å². The molecule has 0 saturated carbocycles.